The fraction of sp³-hybridized carbons (Fsp3) is 0.132. The van der Waals surface area contributed by atoms with E-state index in [-0.39, 0.29) is 12.1 Å². The molecule has 0 N–H and O–H groups in total. The molecule has 5 heteroatoms. The highest BCUT2D eigenvalue weighted by Gasteiger charge is 2.52. The summed E-state index contributed by atoms with van der Waals surface area (Å²) in [5, 5.41) is 0. The Bertz CT molecular complexity index is 4180. The summed E-state index contributed by atoms with van der Waals surface area (Å²) in [7, 11) is 0. The Morgan fingerprint density at radius 2 is 0.679 bits per heavy atom. The Morgan fingerprint density at radius 3 is 1.25 bits per heavy atom. The zero-order valence-corrected chi connectivity index (χ0v) is 45.2. The van der Waals surface area contributed by atoms with E-state index in [0.29, 0.717) is 0 Å². The minimum atomic E-state index is -0.0593. The van der Waals surface area contributed by atoms with Gasteiger partial charge in [-0.3, -0.25) is 0 Å². The summed E-state index contributed by atoms with van der Waals surface area (Å²) < 4.78 is 0. The summed E-state index contributed by atoms with van der Waals surface area (Å²) in [5.74, 6) is 2.58. The van der Waals surface area contributed by atoms with Gasteiger partial charge >= 0.3 is 0 Å². The number of para-hydroxylation sites is 3. The van der Waals surface area contributed by atoms with Crippen LogP contribution in [0, 0.1) is 17.8 Å². The van der Waals surface area contributed by atoms with Crippen molar-refractivity contribution in [1.82, 2.24) is 0 Å². The molecule has 0 spiro atoms. The maximum atomic E-state index is 2.62. The van der Waals surface area contributed by atoms with Crippen LogP contribution in [-0.2, 0) is 5.41 Å². The molecule has 0 atom stereocenters. The van der Waals surface area contributed by atoms with Gasteiger partial charge in [0.15, 0.2) is 0 Å². The Labute approximate surface area is 475 Å². The van der Waals surface area contributed by atoms with Gasteiger partial charge in [0.1, 0.15) is 0 Å². The lowest BCUT2D eigenvalue weighted by molar-refractivity contribution is -0.00516. The molecule has 0 aromatic heterocycles. The van der Waals surface area contributed by atoms with Crippen molar-refractivity contribution in [3.05, 3.63) is 272 Å². The van der Waals surface area contributed by atoms with Crippen LogP contribution in [0.2, 0.25) is 0 Å². The number of nitrogens with zero attached hydrogens (tertiary/aromatic N) is 4. The van der Waals surface area contributed by atoms with Crippen LogP contribution >= 0.6 is 0 Å². The van der Waals surface area contributed by atoms with Gasteiger partial charge in [0.05, 0.1) is 22.7 Å². The zero-order valence-electron chi connectivity index (χ0n) is 45.2. The van der Waals surface area contributed by atoms with Crippen molar-refractivity contribution in [2.24, 2.45) is 17.8 Å². The molecular formula is C76H59BN4. The molecule has 81 heavy (non-hydrogen) atoms. The maximum absolute atomic E-state index is 2.62. The predicted molar refractivity (Wildman–Crippen MR) is 340 cm³/mol. The Balaban J connectivity index is 0.879. The second-order valence-electron chi connectivity index (χ2n) is 23.9. The molecule has 4 fully saturated rings. The summed E-state index contributed by atoms with van der Waals surface area (Å²) in [6.07, 6.45) is 8.28. The fourth-order valence-electron chi connectivity index (χ4n) is 16.2. The molecular weight excluding hydrogens is 980 g/mol. The van der Waals surface area contributed by atoms with E-state index >= 15 is 0 Å². The second-order valence-corrected chi connectivity index (χ2v) is 23.9. The van der Waals surface area contributed by atoms with Crippen molar-refractivity contribution in [3.8, 4) is 33.4 Å². The molecule has 0 amide bonds. The van der Waals surface area contributed by atoms with Gasteiger partial charge < -0.3 is 19.6 Å². The zero-order chi connectivity index (χ0) is 53.2. The van der Waals surface area contributed by atoms with Crippen LogP contribution in [0.5, 0.6) is 0 Å². The van der Waals surface area contributed by atoms with Crippen molar-refractivity contribution < 1.29 is 0 Å². The molecule has 4 bridgehead atoms. The third-order valence-electron chi connectivity index (χ3n) is 19.3. The summed E-state index contributed by atoms with van der Waals surface area (Å²) in [6, 6.07) is 100. The van der Waals surface area contributed by atoms with Crippen LogP contribution in [0.15, 0.2) is 267 Å². The molecule has 4 aliphatic carbocycles. The first kappa shape index (κ1) is 46.6. The average Bonchev–Trinajstić information content (AvgIpc) is 3.70. The molecule has 3 heterocycles. The molecule has 7 aliphatic rings. The van der Waals surface area contributed by atoms with E-state index in [1.54, 1.807) is 0 Å². The number of hydrogen-bond donors (Lipinski definition) is 0. The molecule has 0 unspecified atom stereocenters. The summed E-state index contributed by atoms with van der Waals surface area (Å²) in [4.78, 5) is 10.2. The number of rotatable bonds is 8. The van der Waals surface area contributed by atoms with Crippen LogP contribution in [0.25, 0.3) is 33.4 Å². The van der Waals surface area contributed by atoms with E-state index in [0.717, 1.165) is 40.5 Å². The van der Waals surface area contributed by atoms with Crippen molar-refractivity contribution in [2.45, 2.75) is 43.9 Å². The first-order chi connectivity index (χ1) is 40.1. The van der Waals surface area contributed by atoms with Gasteiger partial charge in [-0.15, -0.1) is 0 Å². The minimum Gasteiger partial charge on any atom is -0.311 e. The Kier molecular flexibility index (Phi) is 10.6. The lowest BCUT2D eigenvalue weighted by atomic mass is 9.33. The monoisotopic (exact) mass is 1040 g/mol. The molecule has 0 saturated heterocycles. The molecule has 11 aromatic rings. The van der Waals surface area contributed by atoms with Crippen LogP contribution in [-0.4, -0.2) is 6.71 Å². The van der Waals surface area contributed by atoms with Crippen LogP contribution in [0.4, 0.5) is 68.2 Å². The molecule has 0 radical (unpaired) electrons. The van der Waals surface area contributed by atoms with Gasteiger partial charge in [-0.05, 0) is 208 Å². The van der Waals surface area contributed by atoms with E-state index in [1.165, 1.54) is 139 Å². The van der Waals surface area contributed by atoms with Gasteiger partial charge in [0.2, 0.25) is 0 Å². The SMILES string of the molecule is c1ccc(-c2ccc(N3c4ccc(-c5ccccc5)cc4B4c5ccc(N6c7ccccc7N(c7ccccc7)c7cc(C89CC%10CC(CC(C%10)C8)C9)ccc76)cc5N(c5ccc(-c6ccccc6)cc5)c5cccc3c54)cc2)cc1. The molecule has 18 rings (SSSR count). The second kappa shape index (κ2) is 18.4. The van der Waals surface area contributed by atoms with Gasteiger partial charge in [-0.2, -0.15) is 0 Å². The molecule has 3 aliphatic heterocycles. The van der Waals surface area contributed by atoms with Crippen molar-refractivity contribution in [3.63, 3.8) is 0 Å². The normalized spacial score (nSPS) is 19.6. The highest BCUT2D eigenvalue weighted by molar-refractivity contribution is 7.00. The van der Waals surface area contributed by atoms with Crippen LogP contribution in [0.1, 0.15) is 44.1 Å². The van der Waals surface area contributed by atoms with E-state index in [4.69, 9.17) is 0 Å². The van der Waals surface area contributed by atoms with Crippen molar-refractivity contribution in [2.75, 3.05) is 19.6 Å². The van der Waals surface area contributed by atoms with Gasteiger partial charge in [-0.1, -0.05) is 176 Å². The molecule has 4 nitrogen and oxygen atoms in total. The standard InChI is InChI=1S/C76H59BN4/c1-5-16-54(17-6-1)57-28-34-62(35-29-57)78-67-40-32-59(56-20-9-3-10-21-56)45-66(67)77-65-39-38-64(47-73(65)80(72-27-15-26-71(78)75(72)77)63-36-30-58(31-37-63)55-18-7-2-8-19-55)81-69-25-14-13-24-68(69)79(61-22-11-4-12-23-61)74-46-60(33-41-70(74)81)76-48-51-42-52(49-76)44-53(43-51)50-76/h1-41,45-47,51-53H,42-44,48-50H2. The Morgan fingerprint density at radius 1 is 0.272 bits per heavy atom. The topological polar surface area (TPSA) is 13.0 Å². The van der Waals surface area contributed by atoms with E-state index in [9.17, 15) is 0 Å². The molecule has 11 aromatic carbocycles. The van der Waals surface area contributed by atoms with Gasteiger partial charge in [0, 0.05) is 45.5 Å². The third-order valence-corrected chi connectivity index (χ3v) is 19.3. The smallest absolute Gasteiger partial charge is 0.252 e. The average molecular weight is 1040 g/mol. The lowest BCUT2D eigenvalue weighted by Gasteiger charge is -2.57. The van der Waals surface area contributed by atoms with Gasteiger partial charge in [0.25, 0.3) is 6.71 Å². The lowest BCUT2D eigenvalue weighted by Crippen LogP contribution is -2.61. The largest absolute Gasteiger partial charge is 0.311 e. The third kappa shape index (κ3) is 7.44. The highest BCUT2D eigenvalue weighted by Crippen LogP contribution is 2.63. The summed E-state index contributed by atoms with van der Waals surface area (Å²) in [6.45, 7) is -0.0593. The molecule has 386 valence electrons. The first-order valence-corrected chi connectivity index (χ1v) is 29.4. The van der Waals surface area contributed by atoms with E-state index < -0.39 is 0 Å². The van der Waals surface area contributed by atoms with E-state index in [2.05, 4.69) is 287 Å². The fourth-order valence-corrected chi connectivity index (χ4v) is 16.2. The summed E-state index contributed by atoms with van der Waals surface area (Å²) in [5.41, 5.74) is 27.1. The predicted octanol–water partition coefficient (Wildman–Crippen LogP) is 18.5. The minimum absolute atomic E-state index is 0.0593. The number of hydrogen-bond acceptors (Lipinski definition) is 4. The van der Waals surface area contributed by atoms with Crippen molar-refractivity contribution in [1.29, 1.82) is 0 Å². The first-order valence-electron chi connectivity index (χ1n) is 29.4. The number of benzene rings is 11. The quantitative estimate of drug-likeness (QED) is 0.141. The Hall–Kier alpha value is -9.32. The van der Waals surface area contributed by atoms with E-state index in [1.807, 2.05) is 0 Å². The highest BCUT2D eigenvalue weighted by atomic mass is 15.3. The van der Waals surface area contributed by atoms with Crippen LogP contribution in [0.3, 0.4) is 0 Å². The number of anilines is 12. The summed E-state index contributed by atoms with van der Waals surface area (Å²) >= 11 is 0. The molecule has 4 saturated carbocycles. The number of fused-ring (bicyclic) bond motifs is 6. The van der Waals surface area contributed by atoms with Gasteiger partial charge in [-0.25, -0.2) is 0 Å². The van der Waals surface area contributed by atoms with Crippen LogP contribution < -0.4 is 36.0 Å². The maximum Gasteiger partial charge on any atom is 0.252 e. The van der Waals surface area contributed by atoms with Crippen molar-refractivity contribution >= 4 is 91.3 Å².